The van der Waals surface area contributed by atoms with E-state index in [1.165, 1.54) is 23.3 Å². The van der Waals surface area contributed by atoms with Crippen molar-refractivity contribution in [3.05, 3.63) is 71.0 Å². The van der Waals surface area contributed by atoms with Gasteiger partial charge < -0.3 is 5.32 Å². The Kier molecular flexibility index (Phi) is 6.13. The molecule has 0 saturated carbocycles. The standard InChI is InChI=1S/C19H22FNO/c1-15-5-7-16(8-6-15)3-2-4-19(22)21-14-13-17-9-11-18(20)12-10-17/h5-12H,2-4,13-14H2,1H3,(H,21,22). The molecule has 1 amide bonds. The van der Waals surface area contributed by atoms with Gasteiger partial charge in [0.05, 0.1) is 0 Å². The van der Waals surface area contributed by atoms with E-state index in [-0.39, 0.29) is 11.7 Å². The van der Waals surface area contributed by atoms with Gasteiger partial charge in [0.1, 0.15) is 5.82 Å². The number of carbonyl (C=O) groups is 1. The number of aryl methyl sites for hydroxylation is 2. The van der Waals surface area contributed by atoms with Gasteiger partial charge in [0.25, 0.3) is 0 Å². The molecule has 116 valence electrons. The van der Waals surface area contributed by atoms with Gasteiger partial charge in [-0.2, -0.15) is 0 Å². The summed E-state index contributed by atoms with van der Waals surface area (Å²) in [5.74, 6) is -0.155. The van der Waals surface area contributed by atoms with Crippen LogP contribution in [0.3, 0.4) is 0 Å². The summed E-state index contributed by atoms with van der Waals surface area (Å²) in [6.45, 7) is 2.66. The van der Waals surface area contributed by atoms with Crippen LogP contribution in [0.25, 0.3) is 0 Å². The molecule has 0 aliphatic rings. The number of carbonyl (C=O) groups excluding carboxylic acids is 1. The van der Waals surface area contributed by atoms with Gasteiger partial charge in [-0.1, -0.05) is 42.0 Å². The molecule has 0 saturated heterocycles. The van der Waals surface area contributed by atoms with Crippen LogP contribution < -0.4 is 5.32 Å². The second-order valence-electron chi connectivity index (χ2n) is 5.57. The van der Waals surface area contributed by atoms with E-state index in [0.717, 1.165) is 24.8 Å². The molecule has 0 unspecified atom stereocenters. The van der Waals surface area contributed by atoms with Crippen LogP contribution in [0.5, 0.6) is 0 Å². The van der Waals surface area contributed by atoms with E-state index >= 15 is 0 Å². The van der Waals surface area contributed by atoms with Crippen LogP contribution in [-0.4, -0.2) is 12.5 Å². The number of nitrogens with one attached hydrogen (secondary N) is 1. The van der Waals surface area contributed by atoms with Crippen molar-refractivity contribution in [3.63, 3.8) is 0 Å². The Morgan fingerprint density at radius 2 is 1.55 bits per heavy atom. The molecule has 0 radical (unpaired) electrons. The van der Waals surface area contributed by atoms with Crippen molar-refractivity contribution in [2.24, 2.45) is 0 Å². The Morgan fingerprint density at radius 3 is 2.23 bits per heavy atom. The highest BCUT2D eigenvalue weighted by Crippen LogP contribution is 2.07. The largest absolute Gasteiger partial charge is 0.356 e. The maximum Gasteiger partial charge on any atom is 0.220 e. The van der Waals surface area contributed by atoms with E-state index in [0.29, 0.717) is 13.0 Å². The fourth-order valence-electron chi connectivity index (χ4n) is 2.29. The van der Waals surface area contributed by atoms with Crippen molar-refractivity contribution >= 4 is 5.91 Å². The predicted molar refractivity (Wildman–Crippen MR) is 87.2 cm³/mol. The summed E-state index contributed by atoms with van der Waals surface area (Å²) in [5.41, 5.74) is 3.55. The number of hydrogen-bond donors (Lipinski definition) is 1. The summed E-state index contributed by atoms with van der Waals surface area (Å²) in [6, 6.07) is 14.8. The topological polar surface area (TPSA) is 29.1 Å². The van der Waals surface area contributed by atoms with Gasteiger partial charge >= 0.3 is 0 Å². The number of halogens is 1. The zero-order chi connectivity index (χ0) is 15.8. The molecule has 2 rings (SSSR count). The lowest BCUT2D eigenvalue weighted by Crippen LogP contribution is -2.25. The SMILES string of the molecule is Cc1ccc(CCCC(=O)NCCc2ccc(F)cc2)cc1. The van der Waals surface area contributed by atoms with Gasteiger partial charge in [-0.15, -0.1) is 0 Å². The normalized spacial score (nSPS) is 10.5. The number of amides is 1. The van der Waals surface area contributed by atoms with Crippen molar-refractivity contribution in [2.75, 3.05) is 6.54 Å². The Morgan fingerprint density at radius 1 is 0.955 bits per heavy atom. The molecular weight excluding hydrogens is 277 g/mol. The van der Waals surface area contributed by atoms with Crippen LogP contribution in [-0.2, 0) is 17.6 Å². The van der Waals surface area contributed by atoms with Gasteiger partial charge in [-0.05, 0) is 49.4 Å². The van der Waals surface area contributed by atoms with Crippen LogP contribution in [0.2, 0.25) is 0 Å². The summed E-state index contributed by atoms with van der Waals surface area (Å²) in [5, 5.41) is 2.91. The molecule has 3 heteroatoms. The molecule has 1 N–H and O–H groups in total. The van der Waals surface area contributed by atoms with Crippen LogP contribution in [0.4, 0.5) is 4.39 Å². The summed E-state index contributed by atoms with van der Waals surface area (Å²) in [6.07, 6.45) is 3.04. The molecular formula is C19H22FNO. The smallest absolute Gasteiger partial charge is 0.220 e. The van der Waals surface area contributed by atoms with Gasteiger partial charge in [0.15, 0.2) is 0 Å². The zero-order valence-corrected chi connectivity index (χ0v) is 12.9. The first-order valence-electron chi connectivity index (χ1n) is 7.70. The lowest BCUT2D eigenvalue weighted by atomic mass is 10.1. The van der Waals surface area contributed by atoms with Gasteiger partial charge in [0.2, 0.25) is 5.91 Å². The molecule has 0 heterocycles. The van der Waals surface area contributed by atoms with Crippen molar-refractivity contribution in [1.29, 1.82) is 0 Å². The monoisotopic (exact) mass is 299 g/mol. The van der Waals surface area contributed by atoms with E-state index in [9.17, 15) is 9.18 Å². The quantitative estimate of drug-likeness (QED) is 0.827. The first-order valence-corrected chi connectivity index (χ1v) is 7.70. The molecule has 0 aromatic heterocycles. The van der Waals surface area contributed by atoms with Gasteiger partial charge in [-0.3, -0.25) is 4.79 Å². The van der Waals surface area contributed by atoms with E-state index < -0.39 is 0 Å². The minimum atomic E-state index is -0.233. The maximum absolute atomic E-state index is 12.8. The van der Waals surface area contributed by atoms with Crippen LogP contribution >= 0.6 is 0 Å². The van der Waals surface area contributed by atoms with Crippen LogP contribution in [0.15, 0.2) is 48.5 Å². The Labute approximate surface area is 131 Å². The molecule has 2 aromatic carbocycles. The molecule has 2 nitrogen and oxygen atoms in total. The lowest BCUT2D eigenvalue weighted by molar-refractivity contribution is -0.121. The molecule has 0 bridgehead atoms. The molecule has 2 aromatic rings. The fraction of sp³-hybridized carbons (Fsp3) is 0.316. The summed E-state index contributed by atoms with van der Waals surface area (Å²) < 4.78 is 12.8. The Hall–Kier alpha value is -2.16. The second-order valence-corrected chi connectivity index (χ2v) is 5.57. The molecule has 0 spiro atoms. The van der Waals surface area contributed by atoms with E-state index in [1.54, 1.807) is 12.1 Å². The lowest BCUT2D eigenvalue weighted by Gasteiger charge is -2.06. The maximum atomic E-state index is 12.8. The fourth-order valence-corrected chi connectivity index (χ4v) is 2.29. The first kappa shape index (κ1) is 16.2. The summed E-state index contributed by atoms with van der Waals surface area (Å²) >= 11 is 0. The third-order valence-corrected chi connectivity index (χ3v) is 3.64. The second kappa shape index (κ2) is 8.32. The number of benzene rings is 2. The zero-order valence-electron chi connectivity index (χ0n) is 12.9. The third-order valence-electron chi connectivity index (χ3n) is 3.64. The average molecular weight is 299 g/mol. The van der Waals surface area contributed by atoms with Crippen molar-refractivity contribution < 1.29 is 9.18 Å². The Bertz CT molecular complexity index is 536. The number of hydrogen-bond acceptors (Lipinski definition) is 1. The molecule has 0 aliphatic carbocycles. The van der Waals surface area contributed by atoms with Crippen LogP contribution in [0.1, 0.15) is 29.5 Å². The average Bonchev–Trinajstić information content (AvgIpc) is 2.51. The van der Waals surface area contributed by atoms with E-state index in [4.69, 9.17) is 0 Å². The minimum Gasteiger partial charge on any atom is -0.356 e. The van der Waals surface area contributed by atoms with E-state index in [1.807, 2.05) is 0 Å². The highest BCUT2D eigenvalue weighted by atomic mass is 19.1. The van der Waals surface area contributed by atoms with Crippen molar-refractivity contribution in [1.82, 2.24) is 5.32 Å². The molecule has 0 aliphatic heterocycles. The Balaban J connectivity index is 1.61. The molecule has 0 fully saturated rings. The van der Waals surface area contributed by atoms with Crippen molar-refractivity contribution in [2.45, 2.75) is 32.6 Å². The first-order chi connectivity index (χ1) is 10.6. The third kappa shape index (κ3) is 5.68. The van der Waals surface area contributed by atoms with Gasteiger partial charge in [-0.25, -0.2) is 4.39 Å². The minimum absolute atomic E-state index is 0.0780. The van der Waals surface area contributed by atoms with Crippen molar-refractivity contribution in [3.8, 4) is 0 Å². The van der Waals surface area contributed by atoms with Crippen LogP contribution in [0, 0.1) is 12.7 Å². The molecule has 0 atom stereocenters. The summed E-state index contributed by atoms with van der Waals surface area (Å²) in [7, 11) is 0. The highest BCUT2D eigenvalue weighted by Gasteiger charge is 2.02. The summed E-state index contributed by atoms with van der Waals surface area (Å²) in [4.78, 5) is 11.8. The highest BCUT2D eigenvalue weighted by molar-refractivity contribution is 5.75. The number of rotatable bonds is 7. The van der Waals surface area contributed by atoms with Gasteiger partial charge in [0, 0.05) is 13.0 Å². The predicted octanol–water partition coefficient (Wildman–Crippen LogP) is 3.82. The van der Waals surface area contributed by atoms with E-state index in [2.05, 4.69) is 36.5 Å². The molecule has 22 heavy (non-hydrogen) atoms.